The van der Waals surface area contributed by atoms with Gasteiger partial charge in [0.2, 0.25) is 0 Å². The van der Waals surface area contributed by atoms with Crippen molar-refractivity contribution >= 4 is 52.3 Å². The summed E-state index contributed by atoms with van der Waals surface area (Å²) in [5, 5.41) is 2.68. The number of carbonyl (C=O) groups excluding carboxylic acids is 3. The highest BCUT2D eigenvalue weighted by Gasteiger charge is 2.48. The Balaban J connectivity index is 1.19. The normalized spacial score (nSPS) is 21.1. The van der Waals surface area contributed by atoms with E-state index in [1.807, 2.05) is 53.4 Å². The summed E-state index contributed by atoms with van der Waals surface area (Å²) in [5.74, 6) is 2.88. The molecule has 6 rings (SSSR count). The van der Waals surface area contributed by atoms with Crippen molar-refractivity contribution in [3.05, 3.63) is 76.4 Å². The zero-order valence-electron chi connectivity index (χ0n) is 30.3. The molecule has 3 aromatic rings. The summed E-state index contributed by atoms with van der Waals surface area (Å²) >= 11 is 7.06. The maximum atomic E-state index is 13.8. The Kier molecular flexibility index (Phi) is 11.6. The molecule has 2 aliphatic carbocycles. The van der Waals surface area contributed by atoms with E-state index in [0.717, 1.165) is 29.5 Å². The molecule has 3 aliphatic rings. The lowest BCUT2D eigenvalue weighted by Crippen LogP contribution is -2.45. The third-order valence-electron chi connectivity index (χ3n) is 9.69. The van der Waals surface area contributed by atoms with Gasteiger partial charge in [-0.15, -0.1) is 0 Å². The van der Waals surface area contributed by atoms with E-state index in [-0.39, 0.29) is 25.0 Å². The SMILES string of the molecule is COc1cc(OC)cc(-c2cc(CCCOC(=O)[C@H](Cc3ccccc3)NC(=O)OC(C)(C)C)c(C=C3SC(=S)N(C4CC5CCC4C5)C3=O)o2)c1. The number of aryl methyl sites for hydroxylation is 1. The predicted octanol–water partition coefficient (Wildman–Crippen LogP) is 7.97. The maximum absolute atomic E-state index is 13.8. The van der Waals surface area contributed by atoms with Gasteiger partial charge >= 0.3 is 12.1 Å². The molecule has 2 heterocycles. The van der Waals surface area contributed by atoms with Crippen LogP contribution in [0.3, 0.4) is 0 Å². The van der Waals surface area contributed by atoms with Crippen LogP contribution in [-0.4, -0.2) is 65.7 Å². The second kappa shape index (κ2) is 16.2. The van der Waals surface area contributed by atoms with Crippen molar-refractivity contribution in [3.8, 4) is 22.8 Å². The van der Waals surface area contributed by atoms with Crippen molar-refractivity contribution in [2.75, 3.05) is 20.8 Å². The Hall–Kier alpha value is -4.29. The standard InChI is InChI=1S/C40H46N2O8S2/c1-40(2,3)50-38(45)41-31(17-24-10-7-6-8-11-24)37(44)48-15-9-12-27-21-33(28-19-29(46-4)22-30(20-28)47-5)49-34(27)23-35-36(43)42(39(51)52-35)32-18-25-13-14-26(32)16-25/h6-8,10-11,19-23,25-26,31-32H,9,12-18H2,1-5H3,(H,41,45)/t25?,26?,31-,32?/m0/s1. The molecule has 3 unspecified atom stereocenters. The van der Waals surface area contributed by atoms with E-state index in [9.17, 15) is 14.4 Å². The molecule has 52 heavy (non-hydrogen) atoms. The molecular weight excluding hydrogens is 701 g/mol. The number of fused-ring (bicyclic) bond motifs is 2. The van der Waals surface area contributed by atoms with Crippen molar-refractivity contribution in [1.82, 2.24) is 10.2 Å². The molecule has 1 saturated heterocycles. The average molecular weight is 747 g/mol. The van der Waals surface area contributed by atoms with Crippen LogP contribution < -0.4 is 14.8 Å². The van der Waals surface area contributed by atoms with Gasteiger partial charge < -0.3 is 28.7 Å². The third kappa shape index (κ3) is 9.01. The number of thiocarbonyl (C=S) groups is 1. The molecule has 1 aromatic heterocycles. The minimum Gasteiger partial charge on any atom is -0.497 e. The molecule has 1 aliphatic heterocycles. The monoisotopic (exact) mass is 746 g/mol. The van der Waals surface area contributed by atoms with Gasteiger partial charge in [0.05, 0.1) is 25.7 Å². The molecule has 1 N–H and O–H groups in total. The zero-order chi connectivity index (χ0) is 37.0. The first-order chi connectivity index (χ1) is 24.9. The van der Waals surface area contributed by atoms with Crippen LogP contribution in [0.1, 0.15) is 69.8 Å². The zero-order valence-corrected chi connectivity index (χ0v) is 31.9. The molecule has 2 amide bonds. The summed E-state index contributed by atoms with van der Waals surface area (Å²) in [6.45, 7) is 5.38. The first-order valence-electron chi connectivity index (χ1n) is 17.7. The van der Waals surface area contributed by atoms with Crippen molar-refractivity contribution in [1.29, 1.82) is 0 Å². The Morgan fingerprint density at radius 1 is 1.06 bits per heavy atom. The Morgan fingerprint density at radius 3 is 2.42 bits per heavy atom. The molecule has 276 valence electrons. The summed E-state index contributed by atoms with van der Waals surface area (Å²) in [5.41, 5.74) is 1.73. The number of alkyl carbamates (subject to hydrolysis) is 1. The molecule has 0 radical (unpaired) electrons. The van der Waals surface area contributed by atoms with Crippen molar-refractivity contribution < 1.29 is 37.7 Å². The van der Waals surface area contributed by atoms with Gasteiger partial charge in [0.15, 0.2) is 0 Å². The van der Waals surface area contributed by atoms with Crippen LogP contribution >= 0.6 is 24.0 Å². The van der Waals surface area contributed by atoms with E-state index in [1.165, 1.54) is 24.6 Å². The van der Waals surface area contributed by atoms with E-state index in [1.54, 1.807) is 47.1 Å². The second-order valence-electron chi connectivity index (χ2n) is 14.6. The summed E-state index contributed by atoms with van der Waals surface area (Å²) in [7, 11) is 3.18. The number of benzene rings is 2. The minimum absolute atomic E-state index is 0.0737. The van der Waals surface area contributed by atoms with E-state index < -0.39 is 23.7 Å². The number of carbonyl (C=O) groups is 3. The third-order valence-corrected chi connectivity index (χ3v) is 11.0. The van der Waals surface area contributed by atoms with Gasteiger partial charge in [0.25, 0.3) is 5.91 Å². The Morgan fingerprint density at radius 2 is 1.79 bits per heavy atom. The van der Waals surface area contributed by atoms with Gasteiger partial charge in [-0.25, -0.2) is 9.59 Å². The number of amides is 2. The van der Waals surface area contributed by atoms with Crippen LogP contribution in [0.5, 0.6) is 11.5 Å². The van der Waals surface area contributed by atoms with Gasteiger partial charge in [0.1, 0.15) is 39.0 Å². The number of thioether (sulfide) groups is 1. The van der Waals surface area contributed by atoms with Gasteiger partial charge in [0, 0.05) is 30.2 Å². The van der Waals surface area contributed by atoms with E-state index >= 15 is 0 Å². The fourth-order valence-corrected chi connectivity index (χ4v) is 8.64. The summed E-state index contributed by atoms with van der Waals surface area (Å²) in [6.07, 6.45) is 6.86. The largest absolute Gasteiger partial charge is 0.497 e. The smallest absolute Gasteiger partial charge is 0.408 e. The van der Waals surface area contributed by atoms with Crippen LogP contribution in [0, 0.1) is 11.8 Å². The van der Waals surface area contributed by atoms with Crippen LogP contribution in [0.2, 0.25) is 0 Å². The molecule has 2 aromatic carbocycles. The number of hydrogen-bond acceptors (Lipinski definition) is 10. The van der Waals surface area contributed by atoms with Crippen LogP contribution in [0.4, 0.5) is 4.79 Å². The number of ether oxygens (including phenoxy) is 4. The van der Waals surface area contributed by atoms with Gasteiger partial charge in [-0.3, -0.25) is 9.69 Å². The van der Waals surface area contributed by atoms with Crippen LogP contribution in [0.15, 0.2) is 63.9 Å². The second-order valence-corrected chi connectivity index (χ2v) is 16.2. The van der Waals surface area contributed by atoms with Crippen molar-refractivity contribution in [2.45, 2.75) is 83.4 Å². The number of rotatable bonds is 13. The molecule has 2 bridgehead atoms. The number of methoxy groups -OCH3 is 2. The molecular formula is C40H46N2O8S2. The molecule has 10 nitrogen and oxygen atoms in total. The molecule has 2 saturated carbocycles. The van der Waals surface area contributed by atoms with Crippen LogP contribution in [-0.2, 0) is 31.9 Å². The molecule has 0 spiro atoms. The number of nitrogens with zero attached hydrogens (tertiary/aromatic N) is 1. The van der Waals surface area contributed by atoms with Crippen molar-refractivity contribution in [2.24, 2.45) is 11.8 Å². The lowest BCUT2D eigenvalue weighted by molar-refractivity contribution is -0.146. The highest BCUT2D eigenvalue weighted by Crippen LogP contribution is 2.49. The van der Waals surface area contributed by atoms with Gasteiger partial charge in [-0.05, 0) is 94.0 Å². The summed E-state index contributed by atoms with van der Waals surface area (Å²) < 4.78 is 29.1. The Bertz CT molecular complexity index is 1810. The lowest BCUT2D eigenvalue weighted by atomic mass is 9.94. The van der Waals surface area contributed by atoms with Crippen LogP contribution in [0.25, 0.3) is 17.4 Å². The number of esters is 1. The first-order valence-corrected chi connectivity index (χ1v) is 19.0. The molecule has 12 heteroatoms. The maximum Gasteiger partial charge on any atom is 0.408 e. The van der Waals surface area contributed by atoms with Gasteiger partial charge in [-0.1, -0.05) is 60.7 Å². The predicted molar refractivity (Wildman–Crippen MR) is 204 cm³/mol. The highest BCUT2D eigenvalue weighted by molar-refractivity contribution is 8.26. The van der Waals surface area contributed by atoms with Gasteiger partial charge in [-0.2, -0.15) is 0 Å². The van der Waals surface area contributed by atoms with Crippen molar-refractivity contribution in [3.63, 3.8) is 0 Å². The number of nitrogens with one attached hydrogen (secondary N) is 1. The number of furan rings is 1. The molecule has 4 atom stereocenters. The highest BCUT2D eigenvalue weighted by atomic mass is 32.2. The first kappa shape index (κ1) is 37.5. The Labute approximate surface area is 314 Å². The summed E-state index contributed by atoms with van der Waals surface area (Å²) in [4.78, 5) is 42.1. The van der Waals surface area contributed by atoms with E-state index in [0.29, 0.717) is 56.9 Å². The fourth-order valence-electron chi connectivity index (χ4n) is 7.29. The molecule has 3 fully saturated rings. The minimum atomic E-state index is -0.937. The fraction of sp³-hybridized carbons (Fsp3) is 0.450. The number of hydrogen-bond donors (Lipinski definition) is 1. The average Bonchev–Trinajstić information content (AvgIpc) is 3.90. The summed E-state index contributed by atoms with van der Waals surface area (Å²) in [6, 6.07) is 16.1. The van der Waals surface area contributed by atoms with E-state index in [4.69, 9.17) is 35.6 Å². The topological polar surface area (TPSA) is 117 Å². The lowest BCUT2D eigenvalue weighted by Gasteiger charge is -2.30. The van der Waals surface area contributed by atoms with E-state index in [2.05, 4.69) is 5.32 Å². The quantitative estimate of drug-likeness (QED) is 0.0799.